The van der Waals surface area contributed by atoms with Crippen LogP contribution in [0.25, 0.3) is 10.9 Å². The van der Waals surface area contributed by atoms with E-state index in [-0.39, 0.29) is 12.6 Å². The highest BCUT2D eigenvalue weighted by Crippen LogP contribution is 2.34. The van der Waals surface area contributed by atoms with Crippen molar-refractivity contribution in [1.29, 1.82) is 0 Å². The third kappa shape index (κ3) is 3.80. The molecule has 2 aromatic rings. The Balaban J connectivity index is 2.16. The Hall–Kier alpha value is -2.67. The van der Waals surface area contributed by atoms with Crippen molar-refractivity contribution in [1.82, 2.24) is 9.88 Å². The number of benzene rings is 1. The van der Waals surface area contributed by atoms with Crippen molar-refractivity contribution >= 4 is 28.5 Å². The zero-order valence-corrected chi connectivity index (χ0v) is 16.9. The predicted molar refractivity (Wildman–Crippen MR) is 108 cm³/mol. The molecule has 150 valence electrons. The van der Waals surface area contributed by atoms with E-state index in [2.05, 4.69) is 21.8 Å². The Morgan fingerprint density at radius 1 is 1.21 bits per heavy atom. The van der Waals surface area contributed by atoms with Crippen molar-refractivity contribution in [2.24, 2.45) is 0 Å². The lowest BCUT2D eigenvalue weighted by molar-refractivity contribution is 0.0526. The molecular weight excluding hydrogens is 358 g/mol. The van der Waals surface area contributed by atoms with Crippen LogP contribution in [0.2, 0.25) is 0 Å². The fraction of sp³-hybridized carbons (Fsp3) is 0.476. The van der Waals surface area contributed by atoms with Gasteiger partial charge in [-0.2, -0.15) is 0 Å². The summed E-state index contributed by atoms with van der Waals surface area (Å²) in [5.41, 5.74) is 2.08. The van der Waals surface area contributed by atoms with Gasteiger partial charge in [-0.25, -0.2) is 9.59 Å². The van der Waals surface area contributed by atoms with Gasteiger partial charge >= 0.3 is 11.9 Å². The number of piperidine rings is 1. The normalized spacial score (nSPS) is 15.4. The number of rotatable bonds is 5. The molecule has 7 heteroatoms. The molecule has 1 aromatic heterocycles. The maximum atomic E-state index is 12.6. The molecule has 3 rings (SSSR count). The molecule has 0 N–H and O–H groups in total. The number of fused-ring (bicyclic) bond motifs is 1. The Morgan fingerprint density at radius 3 is 2.57 bits per heavy atom. The van der Waals surface area contributed by atoms with E-state index in [4.69, 9.17) is 9.47 Å². The minimum atomic E-state index is -0.449. The quantitative estimate of drug-likeness (QED) is 0.733. The van der Waals surface area contributed by atoms with E-state index in [1.165, 1.54) is 13.3 Å². The third-order valence-electron chi connectivity index (χ3n) is 5.36. The molecule has 2 heterocycles. The molecule has 1 aliphatic heterocycles. The van der Waals surface area contributed by atoms with Crippen LogP contribution in [0, 0.1) is 0 Å². The summed E-state index contributed by atoms with van der Waals surface area (Å²) >= 11 is 0. The second-order valence-electron chi connectivity index (χ2n) is 7.08. The lowest BCUT2D eigenvalue weighted by atomic mass is 9.99. The first-order chi connectivity index (χ1) is 13.5. The van der Waals surface area contributed by atoms with Gasteiger partial charge < -0.3 is 19.3 Å². The van der Waals surface area contributed by atoms with E-state index >= 15 is 0 Å². The maximum absolute atomic E-state index is 12.6. The fourth-order valence-corrected chi connectivity index (χ4v) is 3.79. The summed E-state index contributed by atoms with van der Waals surface area (Å²) in [6.45, 7) is 4.07. The van der Waals surface area contributed by atoms with Gasteiger partial charge in [0.05, 0.1) is 30.5 Å². The van der Waals surface area contributed by atoms with Gasteiger partial charge in [0.2, 0.25) is 0 Å². The molecule has 0 saturated carbocycles. The van der Waals surface area contributed by atoms with Crippen molar-refractivity contribution in [3.05, 3.63) is 35.5 Å². The minimum absolute atomic E-state index is 0.288. The number of carbonyl (C=O) groups excluding carboxylic acids is 2. The van der Waals surface area contributed by atoms with Crippen LogP contribution in [0.1, 0.15) is 40.5 Å². The number of pyridine rings is 1. The number of hydrogen-bond acceptors (Lipinski definition) is 7. The number of carbonyl (C=O) groups is 2. The van der Waals surface area contributed by atoms with E-state index in [0.29, 0.717) is 16.6 Å². The van der Waals surface area contributed by atoms with Crippen molar-refractivity contribution in [2.75, 3.05) is 45.8 Å². The molecule has 0 radical (unpaired) electrons. The standard InChI is InChI=1S/C21H27N3O4/c1-5-28-21(26)17-13-22-18-15(7-6-8-16(18)20(25)27-4)19(17)24(3)14-9-11-23(2)12-10-14/h6-8,13-14H,5,9-12H2,1-4H3. The van der Waals surface area contributed by atoms with E-state index in [0.717, 1.165) is 37.0 Å². The topological polar surface area (TPSA) is 72.0 Å². The third-order valence-corrected chi connectivity index (χ3v) is 5.36. The monoisotopic (exact) mass is 385 g/mol. The van der Waals surface area contributed by atoms with Gasteiger partial charge in [0, 0.05) is 24.7 Å². The zero-order valence-electron chi connectivity index (χ0n) is 16.9. The number of likely N-dealkylation sites (tertiary alicyclic amines) is 1. The summed E-state index contributed by atoms with van der Waals surface area (Å²) < 4.78 is 10.2. The lowest BCUT2D eigenvalue weighted by Crippen LogP contribution is -2.42. The first kappa shape index (κ1) is 20.1. The van der Waals surface area contributed by atoms with Crippen LogP contribution >= 0.6 is 0 Å². The summed E-state index contributed by atoms with van der Waals surface area (Å²) in [6.07, 6.45) is 3.50. The van der Waals surface area contributed by atoms with Crippen LogP contribution in [-0.2, 0) is 9.47 Å². The molecule has 0 unspecified atom stereocenters. The van der Waals surface area contributed by atoms with Crippen molar-refractivity contribution in [3.8, 4) is 0 Å². The summed E-state index contributed by atoms with van der Waals surface area (Å²) in [5.74, 6) is -0.856. The lowest BCUT2D eigenvalue weighted by Gasteiger charge is -2.37. The molecular formula is C21H27N3O4. The number of aromatic nitrogens is 1. The Kier molecular flexibility index (Phi) is 6.14. The number of methoxy groups -OCH3 is 1. The second-order valence-corrected chi connectivity index (χ2v) is 7.08. The van der Waals surface area contributed by atoms with E-state index in [9.17, 15) is 9.59 Å². The first-order valence-electron chi connectivity index (χ1n) is 9.56. The first-order valence-corrected chi connectivity index (χ1v) is 9.56. The Labute approximate surface area is 165 Å². The highest BCUT2D eigenvalue weighted by Gasteiger charge is 2.27. The largest absolute Gasteiger partial charge is 0.465 e. The summed E-state index contributed by atoms with van der Waals surface area (Å²) in [6, 6.07) is 5.65. The average Bonchev–Trinajstić information content (AvgIpc) is 2.72. The van der Waals surface area contributed by atoms with Crippen molar-refractivity contribution in [2.45, 2.75) is 25.8 Å². The Bertz CT molecular complexity index is 875. The molecule has 0 bridgehead atoms. The molecule has 0 aliphatic carbocycles. The smallest absolute Gasteiger partial charge is 0.341 e. The van der Waals surface area contributed by atoms with Crippen molar-refractivity contribution in [3.63, 3.8) is 0 Å². The summed E-state index contributed by atoms with van der Waals surface area (Å²) in [5, 5.41) is 0.745. The number of hydrogen-bond donors (Lipinski definition) is 0. The fourth-order valence-electron chi connectivity index (χ4n) is 3.79. The molecule has 0 amide bonds. The van der Waals surface area contributed by atoms with Crippen LogP contribution in [-0.4, -0.2) is 68.8 Å². The second kappa shape index (κ2) is 8.56. The van der Waals surface area contributed by atoms with Gasteiger partial charge in [0.15, 0.2) is 0 Å². The number of anilines is 1. The van der Waals surface area contributed by atoms with E-state index in [1.54, 1.807) is 19.1 Å². The van der Waals surface area contributed by atoms with Crippen molar-refractivity contribution < 1.29 is 19.1 Å². The summed E-state index contributed by atoms with van der Waals surface area (Å²) in [4.78, 5) is 33.7. The molecule has 28 heavy (non-hydrogen) atoms. The van der Waals surface area contributed by atoms with Gasteiger partial charge in [0.1, 0.15) is 5.56 Å². The van der Waals surface area contributed by atoms with Crippen LogP contribution in [0.3, 0.4) is 0 Å². The highest BCUT2D eigenvalue weighted by molar-refractivity contribution is 6.10. The molecule has 0 atom stereocenters. The summed E-state index contributed by atoms with van der Waals surface area (Å²) in [7, 11) is 5.46. The van der Waals surface area contributed by atoms with Gasteiger partial charge in [-0.1, -0.05) is 12.1 Å². The minimum Gasteiger partial charge on any atom is -0.465 e. The van der Waals surface area contributed by atoms with Gasteiger partial charge in [-0.05, 0) is 46.0 Å². The molecule has 7 nitrogen and oxygen atoms in total. The van der Waals surface area contributed by atoms with Crippen LogP contribution in [0.15, 0.2) is 24.4 Å². The van der Waals surface area contributed by atoms with Crippen LogP contribution in [0.5, 0.6) is 0 Å². The van der Waals surface area contributed by atoms with E-state index < -0.39 is 11.9 Å². The van der Waals surface area contributed by atoms with Gasteiger partial charge in [-0.15, -0.1) is 0 Å². The highest BCUT2D eigenvalue weighted by atomic mass is 16.5. The number of ether oxygens (including phenoxy) is 2. The number of esters is 2. The molecule has 1 aromatic carbocycles. The zero-order chi connectivity index (χ0) is 20.3. The number of para-hydroxylation sites is 1. The van der Waals surface area contributed by atoms with Gasteiger partial charge in [0.25, 0.3) is 0 Å². The average molecular weight is 385 g/mol. The Morgan fingerprint density at radius 2 is 1.93 bits per heavy atom. The van der Waals surface area contributed by atoms with E-state index in [1.807, 2.05) is 13.1 Å². The molecule has 0 spiro atoms. The molecule has 1 aliphatic rings. The van der Waals surface area contributed by atoms with Crippen LogP contribution in [0.4, 0.5) is 5.69 Å². The SMILES string of the molecule is CCOC(=O)c1cnc2c(C(=O)OC)cccc2c1N(C)C1CCN(C)CC1. The number of nitrogens with zero attached hydrogens (tertiary/aromatic N) is 3. The van der Waals surface area contributed by atoms with Gasteiger partial charge in [-0.3, -0.25) is 4.98 Å². The maximum Gasteiger partial charge on any atom is 0.341 e. The predicted octanol–water partition coefficient (Wildman–Crippen LogP) is 2.73. The molecule has 1 saturated heterocycles. The van der Waals surface area contributed by atoms with Crippen LogP contribution < -0.4 is 4.90 Å². The molecule has 1 fully saturated rings.